The monoisotopic (exact) mass is 391 g/mol. The third kappa shape index (κ3) is 6.69. The smallest absolute Gasteiger partial charge is 0.410 e. The van der Waals surface area contributed by atoms with Gasteiger partial charge in [-0.15, -0.1) is 0 Å². The molecule has 0 saturated carbocycles. The summed E-state index contributed by atoms with van der Waals surface area (Å²) in [5.41, 5.74) is -0.158. The first-order valence-corrected chi connectivity index (χ1v) is 9.82. The van der Waals surface area contributed by atoms with E-state index < -0.39 is 11.1 Å². The van der Waals surface area contributed by atoms with Gasteiger partial charge in [0.25, 0.3) is 0 Å². The standard InChI is InChI=1S/C21H33N3O4/c1-15-9-7-11-22-18(15)27-14-21(5,6)23-17(25)13-16-10-8-12-24(16)19(26)28-20(2,3)4/h7,9,11,16H,8,10,12-14H2,1-6H3,(H,23,25)/t16-/m0/s1. The number of hydrogen-bond donors (Lipinski definition) is 1. The summed E-state index contributed by atoms with van der Waals surface area (Å²) in [7, 11) is 0. The molecule has 0 aliphatic carbocycles. The van der Waals surface area contributed by atoms with E-state index >= 15 is 0 Å². The molecule has 0 aromatic carbocycles. The van der Waals surface area contributed by atoms with E-state index in [2.05, 4.69) is 10.3 Å². The van der Waals surface area contributed by atoms with Crippen LogP contribution < -0.4 is 10.1 Å². The maximum atomic E-state index is 12.6. The average Bonchev–Trinajstić information content (AvgIpc) is 3.00. The van der Waals surface area contributed by atoms with E-state index in [9.17, 15) is 9.59 Å². The Kier molecular flexibility index (Phi) is 6.91. The van der Waals surface area contributed by atoms with E-state index in [0.29, 0.717) is 19.0 Å². The zero-order valence-corrected chi connectivity index (χ0v) is 17.9. The van der Waals surface area contributed by atoms with Crippen LogP contribution in [0.1, 0.15) is 59.4 Å². The molecule has 7 heteroatoms. The Balaban J connectivity index is 1.87. The summed E-state index contributed by atoms with van der Waals surface area (Å²) >= 11 is 0. The highest BCUT2D eigenvalue weighted by Crippen LogP contribution is 2.23. The van der Waals surface area contributed by atoms with Crippen molar-refractivity contribution in [3.63, 3.8) is 0 Å². The number of ether oxygens (including phenoxy) is 2. The molecule has 0 unspecified atom stereocenters. The predicted octanol–water partition coefficient (Wildman–Crippen LogP) is 3.45. The highest BCUT2D eigenvalue weighted by Gasteiger charge is 2.34. The normalized spacial score (nSPS) is 17.4. The number of aryl methyl sites for hydroxylation is 1. The molecular weight excluding hydrogens is 358 g/mol. The Morgan fingerprint density at radius 2 is 2.00 bits per heavy atom. The summed E-state index contributed by atoms with van der Waals surface area (Å²) < 4.78 is 11.2. The van der Waals surface area contributed by atoms with Crippen molar-refractivity contribution in [1.82, 2.24) is 15.2 Å². The van der Waals surface area contributed by atoms with E-state index in [0.717, 1.165) is 18.4 Å². The topological polar surface area (TPSA) is 80.8 Å². The lowest BCUT2D eigenvalue weighted by molar-refractivity contribution is -0.124. The van der Waals surface area contributed by atoms with Gasteiger partial charge in [-0.2, -0.15) is 0 Å². The van der Waals surface area contributed by atoms with Crippen molar-refractivity contribution in [3.8, 4) is 5.88 Å². The molecule has 28 heavy (non-hydrogen) atoms. The molecule has 7 nitrogen and oxygen atoms in total. The molecular formula is C21H33N3O4. The minimum atomic E-state index is -0.559. The van der Waals surface area contributed by atoms with Gasteiger partial charge < -0.3 is 19.7 Å². The van der Waals surface area contributed by atoms with Crippen molar-refractivity contribution in [3.05, 3.63) is 23.9 Å². The van der Waals surface area contributed by atoms with Crippen molar-refractivity contribution >= 4 is 12.0 Å². The Bertz CT molecular complexity index is 697. The molecule has 1 aliphatic heterocycles. The number of likely N-dealkylation sites (tertiary alicyclic amines) is 1. The molecule has 2 heterocycles. The molecule has 1 aromatic heterocycles. The second-order valence-electron chi connectivity index (χ2n) is 9.02. The Hall–Kier alpha value is -2.31. The second kappa shape index (κ2) is 8.80. The van der Waals surface area contributed by atoms with Gasteiger partial charge in [-0.3, -0.25) is 4.79 Å². The molecule has 156 valence electrons. The molecule has 1 atom stereocenters. The van der Waals surface area contributed by atoms with Gasteiger partial charge in [0.05, 0.1) is 5.54 Å². The number of nitrogens with one attached hydrogen (secondary N) is 1. The van der Waals surface area contributed by atoms with Gasteiger partial charge in [0.15, 0.2) is 0 Å². The van der Waals surface area contributed by atoms with Crippen LogP contribution in [-0.2, 0) is 9.53 Å². The van der Waals surface area contributed by atoms with Crippen molar-refractivity contribution < 1.29 is 19.1 Å². The molecule has 2 amide bonds. The Labute approximate surface area is 167 Å². The number of pyridine rings is 1. The van der Waals surface area contributed by atoms with Gasteiger partial charge in [-0.25, -0.2) is 9.78 Å². The van der Waals surface area contributed by atoms with Crippen molar-refractivity contribution in [1.29, 1.82) is 0 Å². The molecule has 1 aliphatic rings. The second-order valence-corrected chi connectivity index (χ2v) is 9.02. The predicted molar refractivity (Wildman–Crippen MR) is 107 cm³/mol. The summed E-state index contributed by atoms with van der Waals surface area (Å²) in [5, 5.41) is 3.01. The maximum absolute atomic E-state index is 12.6. The average molecular weight is 392 g/mol. The first-order chi connectivity index (χ1) is 13.0. The van der Waals surface area contributed by atoms with Gasteiger partial charge >= 0.3 is 6.09 Å². The third-order valence-corrected chi connectivity index (χ3v) is 4.44. The number of hydrogen-bond acceptors (Lipinski definition) is 5. The molecule has 1 saturated heterocycles. The minimum Gasteiger partial charge on any atom is -0.475 e. The lowest BCUT2D eigenvalue weighted by Crippen LogP contribution is -2.50. The number of rotatable bonds is 6. The van der Waals surface area contributed by atoms with E-state index in [1.807, 2.05) is 53.7 Å². The van der Waals surface area contributed by atoms with Crippen LogP contribution in [0, 0.1) is 6.92 Å². The lowest BCUT2D eigenvalue weighted by atomic mass is 10.1. The number of amides is 2. The molecule has 1 N–H and O–H groups in total. The van der Waals surface area contributed by atoms with Crippen LogP contribution in [0.3, 0.4) is 0 Å². The molecule has 0 spiro atoms. The zero-order chi connectivity index (χ0) is 20.9. The quantitative estimate of drug-likeness (QED) is 0.803. The van der Waals surface area contributed by atoms with Crippen molar-refractivity contribution in [2.24, 2.45) is 0 Å². The van der Waals surface area contributed by atoms with Gasteiger partial charge in [0.2, 0.25) is 11.8 Å². The summed E-state index contributed by atoms with van der Waals surface area (Å²) in [4.78, 5) is 30.8. The van der Waals surface area contributed by atoms with Crippen LogP contribution in [0.25, 0.3) is 0 Å². The van der Waals surface area contributed by atoms with Gasteiger partial charge in [0, 0.05) is 30.8 Å². The Morgan fingerprint density at radius 1 is 1.29 bits per heavy atom. The maximum Gasteiger partial charge on any atom is 0.410 e. The summed E-state index contributed by atoms with van der Waals surface area (Å²) in [6.07, 6.45) is 3.26. The number of nitrogens with zero attached hydrogens (tertiary/aromatic N) is 2. The molecule has 1 aromatic rings. The van der Waals surface area contributed by atoms with Crippen LogP contribution in [-0.4, -0.2) is 52.2 Å². The van der Waals surface area contributed by atoms with Crippen molar-refractivity contribution in [2.75, 3.05) is 13.2 Å². The zero-order valence-electron chi connectivity index (χ0n) is 17.9. The number of aromatic nitrogens is 1. The highest BCUT2D eigenvalue weighted by molar-refractivity contribution is 5.78. The summed E-state index contributed by atoms with van der Waals surface area (Å²) in [6.45, 7) is 12.2. The molecule has 1 fully saturated rings. The van der Waals surface area contributed by atoms with Crippen LogP contribution in [0.2, 0.25) is 0 Å². The Morgan fingerprint density at radius 3 is 2.64 bits per heavy atom. The number of carbonyl (C=O) groups excluding carboxylic acids is 2. The van der Waals surface area contributed by atoms with Gasteiger partial charge in [-0.05, 0) is 60.5 Å². The fraction of sp³-hybridized carbons (Fsp3) is 0.667. The van der Waals surface area contributed by atoms with Gasteiger partial charge in [-0.1, -0.05) is 6.07 Å². The molecule has 2 rings (SSSR count). The fourth-order valence-corrected chi connectivity index (χ4v) is 3.16. The first-order valence-electron chi connectivity index (χ1n) is 9.82. The molecule has 0 bridgehead atoms. The SMILES string of the molecule is Cc1cccnc1OCC(C)(C)NC(=O)C[C@@H]1CCCN1C(=O)OC(C)(C)C. The van der Waals surface area contributed by atoms with E-state index in [-0.39, 0.29) is 24.5 Å². The van der Waals surface area contributed by atoms with Crippen LogP contribution in [0.15, 0.2) is 18.3 Å². The van der Waals surface area contributed by atoms with Crippen LogP contribution >= 0.6 is 0 Å². The van der Waals surface area contributed by atoms with Crippen molar-refractivity contribution in [2.45, 2.75) is 78.0 Å². The first kappa shape index (κ1) is 22.0. The van der Waals surface area contributed by atoms with E-state index in [4.69, 9.17) is 9.47 Å². The molecule has 0 radical (unpaired) electrons. The fourth-order valence-electron chi connectivity index (χ4n) is 3.16. The highest BCUT2D eigenvalue weighted by atomic mass is 16.6. The van der Waals surface area contributed by atoms with E-state index in [1.54, 1.807) is 11.1 Å². The van der Waals surface area contributed by atoms with Crippen LogP contribution in [0.5, 0.6) is 5.88 Å². The van der Waals surface area contributed by atoms with E-state index in [1.165, 1.54) is 0 Å². The summed E-state index contributed by atoms with van der Waals surface area (Å²) in [5.74, 6) is 0.462. The minimum absolute atomic E-state index is 0.105. The third-order valence-electron chi connectivity index (χ3n) is 4.44. The lowest BCUT2D eigenvalue weighted by Gasteiger charge is -2.30. The van der Waals surface area contributed by atoms with Crippen LogP contribution in [0.4, 0.5) is 4.79 Å². The largest absolute Gasteiger partial charge is 0.475 e. The number of carbonyl (C=O) groups is 2. The van der Waals surface area contributed by atoms with Gasteiger partial charge in [0.1, 0.15) is 12.2 Å². The summed E-state index contributed by atoms with van der Waals surface area (Å²) in [6, 6.07) is 3.65.